The van der Waals surface area contributed by atoms with Crippen LogP contribution in [-0.2, 0) is 6.61 Å². The van der Waals surface area contributed by atoms with Gasteiger partial charge in [-0.05, 0) is 67.4 Å². The lowest BCUT2D eigenvalue weighted by Crippen LogP contribution is -2.11. The third kappa shape index (κ3) is 6.35. The number of nitrogens with one attached hydrogen (secondary N) is 1. The van der Waals surface area contributed by atoms with E-state index in [1.807, 2.05) is 32.0 Å². The van der Waals surface area contributed by atoms with E-state index in [-0.39, 0.29) is 40.3 Å². The summed E-state index contributed by atoms with van der Waals surface area (Å²) >= 11 is 12.0. The molecule has 1 amide bonds. The van der Waals surface area contributed by atoms with Gasteiger partial charge in [0.2, 0.25) is 0 Å². The lowest BCUT2D eigenvalue weighted by molar-refractivity contribution is -0.384. The molecular weight excluding hydrogens is 507 g/mol. The summed E-state index contributed by atoms with van der Waals surface area (Å²) in [4.78, 5) is 23.6. The summed E-state index contributed by atoms with van der Waals surface area (Å²) in [7, 11) is 0. The number of nitro groups is 1. The number of hydrogen-bond acceptors (Lipinski definition) is 6. The van der Waals surface area contributed by atoms with Crippen LogP contribution in [0.5, 0.6) is 17.2 Å². The number of amides is 1. The molecule has 10 heteroatoms. The molecule has 0 aliphatic heterocycles. The van der Waals surface area contributed by atoms with E-state index in [2.05, 4.69) is 5.32 Å². The van der Waals surface area contributed by atoms with Gasteiger partial charge in [0.15, 0.2) is 5.76 Å². The molecule has 0 fully saturated rings. The van der Waals surface area contributed by atoms with Crippen LogP contribution in [0.15, 0.2) is 71.1 Å². The molecular formula is C26H20Cl2N2O6. The fourth-order valence-corrected chi connectivity index (χ4v) is 3.89. The number of carbonyl (C=O) groups excluding carboxylic acids is 1. The van der Waals surface area contributed by atoms with Crippen LogP contribution in [0, 0.1) is 24.0 Å². The SMILES string of the molecule is Cc1cc(C)cc(OCc2ccc(C(=O)Nc3cc(Oc4ccc(Cl)cc4Cl)cc([N+](=O)[O-])c3)o2)c1. The van der Waals surface area contributed by atoms with E-state index in [0.717, 1.165) is 11.1 Å². The second-order valence-corrected chi connectivity index (χ2v) is 8.83. The Balaban J connectivity index is 1.48. The number of ether oxygens (including phenoxy) is 2. The average Bonchev–Trinajstić information content (AvgIpc) is 3.28. The monoisotopic (exact) mass is 526 g/mol. The quantitative estimate of drug-likeness (QED) is 0.186. The van der Waals surface area contributed by atoms with Crippen molar-refractivity contribution in [3.8, 4) is 17.2 Å². The van der Waals surface area contributed by atoms with Crippen LogP contribution in [0.1, 0.15) is 27.4 Å². The molecule has 184 valence electrons. The molecule has 0 atom stereocenters. The van der Waals surface area contributed by atoms with E-state index >= 15 is 0 Å². The van der Waals surface area contributed by atoms with Crippen molar-refractivity contribution in [2.24, 2.45) is 0 Å². The van der Waals surface area contributed by atoms with E-state index in [9.17, 15) is 14.9 Å². The summed E-state index contributed by atoms with van der Waals surface area (Å²) in [6.07, 6.45) is 0. The maximum atomic E-state index is 12.7. The van der Waals surface area contributed by atoms with Crippen LogP contribution >= 0.6 is 23.2 Å². The first-order chi connectivity index (χ1) is 17.2. The number of halogens is 2. The lowest BCUT2D eigenvalue weighted by atomic mass is 10.1. The van der Waals surface area contributed by atoms with Gasteiger partial charge in [-0.25, -0.2) is 0 Å². The maximum Gasteiger partial charge on any atom is 0.291 e. The minimum absolute atomic E-state index is 0.0174. The molecule has 8 nitrogen and oxygen atoms in total. The van der Waals surface area contributed by atoms with Crippen molar-refractivity contribution in [2.75, 3.05) is 5.32 Å². The molecule has 4 rings (SSSR count). The molecule has 0 aliphatic rings. The molecule has 0 saturated heterocycles. The van der Waals surface area contributed by atoms with Crippen LogP contribution < -0.4 is 14.8 Å². The van der Waals surface area contributed by atoms with Crippen molar-refractivity contribution in [2.45, 2.75) is 20.5 Å². The van der Waals surface area contributed by atoms with E-state index in [1.54, 1.807) is 12.1 Å². The van der Waals surface area contributed by atoms with E-state index < -0.39 is 10.8 Å². The van der Waals surface area contributed by atoms with Crippen LogP contribution in [0.4, 0.5) is 11.4 Å². The number of furan rings is 1. The van der Waals surface area contributed by atoms with Crippen molar-refractivity contribution in [1.29, 1.82) is 0 Å². The topological polar surface area (TPSA) is 104 Å². The van der Waals surface area contributed by atoms with Gasteiger partial charge in [0.1, 0.15) is 29.6 Å². The zero-order valence-corrected chi connectivity index (χ0v) is 20.7. The summed E-state index contributed by atoms with van der Waals surface area (Å²) in [5.74, 6) is 0.913. The van der Waals surface area contributed by atoms with Gasteiger partial charge in [0, 0.05) is 17.2 Å². The molecule has 36 heavy (non-hydrogen) atoms. The Hall–Kier alpha value is -4.01. The predicted octanol–water partition coefficient (Wildman–Crippen LogP) is 7.74. The second-order valence-electron chi connectivity index (χ2n) is 7.98. The number of nitro benzene ring substituents is 1. The highest BCUT2D eigenvalue weighted by molar-refractivity contribution is 6.35. The standard InChI is InChI=1S/C26H20Cl2N2O6/c1-15-7-16(2)9-21(8-15)34-14-20-4-6-25(35-20)26(31)29-18-11-19(30(32)33)13-22(12-18)36-24-5-3-17(27)10-23(24)28/h3-13H,14H2,1-2H3,(H,29,31). The lowest BCUT2D eigenvalue weighted by Gasteiger charge is -2.10. The van der Waals surface area contributed by atoms with Gasteiger partial charge >= 0.3 is 0 Å². The molecule has 0 bridgehead atoms. The van der Waals surface area contributed by atoms with Gasteiger partial charge in [-0.1, -0.05) is 29.3 Å². The molecule has 0 spiro atoms. The Labute approximate surface area is 216 Å². The Morgan fingerprint density at radius 3 is 2.42 bits per heavy atom. The number of aryl methyl sites for hydroxylation is 2. The number of carbonyl (C=O) groups is 1. The van der Waals surface area contributed by atoms with Crippen LogP contribution in [0.2, 0.25) is 10.0 Å². The third-order valence-corrected chi connectivity index (χ3v) is 5.47. The summed E-state index contributed by atoms with van der Waals surface area (Å²) in [5.41, 5.74) is 2.00. The van der Waals surface area contributed by atoms with Crippen molar-refractivity contribution < 1.29 is 23.6 Å². The van der Waals surface area contributed by atoms with Crippen molar-refractivity contribution >= 4 is 40.5 Å². The number of anilines is 1. The van der Waals surface area contributed by atoms with E-state index in [1.165, 1.54) is 36.4 Å². The first-order valence-electron chi connectivity index (χ1n) is 10.7. The van der Waals surface area contributed by atoms with Gasteiger partial charge in [0.25, 0.3) is 11.6 Å². The number of rotatable bonds is 8. The second kappa shape index (κ2) is 10.7. The highest BCUT2D eigenvalue weighted by atomic mass is 35.5. The van der Waals surface area contributed by atoms with Gasteiger partial charge < -0.3 is 19.2 Å². The van der Waals surface area contributed by atoms with E-state index in [0.29, 0.717) is 16.5 Å². The highest BCUT2D eigenvalue weighted by Gasteiger charge is 2.17. The maximum absolute atomic E-state index is 12.7. The van der Waals surface area contributed by atoms with Gasteiger partial charge in [-0.2, -0.15) is 0 Å². The third-order valence-electron chi connectivity index (χ3n) is 4.94. The Bertz CT molecular complexity index is 1430. The summed E-state index contributed by atoms with van der Waals surface area (Å²) in [6.45, 7) is 4.08. The summed E-state index contributed by atoms with van der Waals surface area (Å²) in [6, 6.07) is 17.4. The minimum Gasteiger partial charge on any atom is -0.486 e. The minimum atomic E-state index is -0.596. The molecule has 0 saturated carbocycles. The summed E-state index contributed by atoms with van der Waals surface area (Å²) < 4.78 is 17.1. The number of hydrogen-bond donors (Lipinski definition) is 1. The van der Waals surface area contributed by atoms with Crippen LogP contribution in [-0.4, -0.2) is 10.8 Å². The molecule has 0 radical (unpaired) electrons. The van der Waals surface area contributed by atoms with Crippen LogP contribution in [0.3, 0.4) is 0 Å². The largest absolute Gasteiger partial charge is 0.486 e. The first-order valence-corrected chi connectivity index (χ1v) is 11.5. The van der Waals surface area contributed by atoms with Gasteiger partial charge in [0.05, 0.1) is 21.7 Å². The normalized spacial score (nSPS) is 10.7. The molecule has 0 aliphatic carbocycles. The molecule has 3 aromatic carbocycles. The van der Waals surface area contributed by atoms with Crippen LogP contribution in [0.25, 0.3) is 0 Å². The number of benzene rings is 3. The van der Waals surface area contributed by atoms with Crippen molar-refractivity contribution in [3.63, 3.8) is 0 Å². The highest BCUT2D eigenvalue weighted by Crippen LogP contribution is 2.34. The number of nitrogens with zero attached hydrogens (tertiary/aromatic N) is 1. The molecule has 1 aromatic heterocycles. The smallest absolute Gasteiger partial charge is 0.291 e. The molecule has 4 aromatic rings. The van der Waals surface area contributed by atoms with Crippen molar-refractivity contribution in [3.05, 3.63) is 110 Å². The molecule has 1 heterocycles. The van der Waals surface area contributed by atoms with Gasteiger partial charge in [-0.15, -0.1) is 0 Å². The summed E-state index contributed by atoms with van der Waals surface area (Å²) in [5, 5.41) is 14.7. The molecule has 1 N–H and O–H groups in total. The zero-order chi connectivity index (χ0) is 25.8. The van der Waals surface area contributed by atoms with E-state index in [4.69, 9.17) is 37.1 Å². The predicted molar refractivity (Wildman–Crippen MR) is 137 cm³/mol. The van der Waals surface area contributed by atoms with Crippen molar-refractivity contribution in [1.82, 2.24) is 0 Å². The first kappa shape index (κ1) is 25.1. The Morgan fingerprint density at radius 2 is 1.72 bits per heavy atom. The Kier molecular flexibility index (Phi) is 7.47. The molecule has 0 unspecified atom stereocenters. The zero-order valence-electron chi connectivity index (χ0n) is 19.2. The fourth-order valence-electron chi connectivity index (χ4n) is 3.45. The Morgan fingerprint density at radius 1 is 0.972 bits per heavy atom. The fraction of sp³-hybridized carbons (Fsp3) is 0.115. The van der Waals surface area contributed by atoms with Gasteiger partial charge in [-0.3, -0.25) is 14.9 Å². The average molecular weight is 527 g/mol. The number of non-ortho nitro benzene ring substituents is 1.